The molecular formula is C20H26N2O3S. The van der Waals surface area contributed by atoms with Gasteiger partial charge in [0.15, 0.2) is 0 Å². The quantitative estimate of drug-likeness (QED) is 0.522. The minimum Gasteiger partial charge on any atom is -0.494 e. The standard InChI is InChI=1S/C20H26N2O3S/c1-3-5-11-22-15-17-13-19(25-4-2)18(20(14-17)26(21,23)24)12-16-9-7-6-8-10-16/h3,5-10,13-14,22H,4,11-12,15H2,1-2H3,(H2,21,23,24). The van der Waals surface area contributed by atoms with Crippen LogP contribution in [0.1, 0.15) is 30.5 Å². The van der Waals surface area contributed by atoms with Crippen molar-refractivity contribution in [3.63, 3.8) is 0 Å². The molecule has 0 aliphatic rings. The third-order valence-electron chi connectivity index (χ3n) is 3.88. The van der Waals surface area contributed by atoms with E-state index in [1.54, 1.807) is 6.07 Å². The summed E-state index contributed by atoms with van der Waals surface area (Å²) in [5.41, 5.74) is 2.41. The number of nitrogens with one attached hydrogen (secondary N) is 1. The van der Waals surface area contributed by atoms with Crippen LogP contribution in [0.2, 0.25) is 0 Å². The molecule has 0 saturated heterocycles. The number of hydrogen-bond donors (Lipinski definition) is 2. The number of hydrogen-bond acceptors (Lipinski definition) is 4. The van der Waals surface area contributed by atoms with E-state index in [1.807, 2.05) is 62.4 Å². The monoisotopic (exact) mass is 374 g/mol. The van der Waals surface area contributed by atoms with Crippen LogP contribution in [0, 0.1) is 0 Å². The SMILES string of the molecule is CC=CCNCc1cc(OCC)c(Cc2ccccc2)c(S(N)(=O)=O)c1. The second-order valence-corrected chi connectivity index (χ2v) is 7.44. The number of benzene rings is 2. The normalized spacial score (nSPS) is 11.8. The summed E-state index contributed by atoms with van der Waals surface area (Å²) >= 11 is 0. The largest absolute Gasteiger partial charge is 0.494 e. The van der Waals surface area contributed by atoms with Crippen LogP contribution < -0.4 is 15.2 Å². The minimum atomic E-state index is -3.87. The van der Waals surface area contributed by atoms with Crippen molar-refractivity contribution >= 4 is 10.0 Å². The Balaban J connectivity index is 2.46. The highest BCUT2D eigenvalue weighted by Crippen LogP contribution is 2.30. The summed E-state index contributed by atoms with van der Waals surface area (Å²) in [6.07, 6.45) is 4.39. The van der Waals surface area contributed by atoms with E-state index in [0.29, 0.717) is 37.4 Å². The molecule has 6 heteroatoms. The third-order valence-corrected chi connectivity index (χ3v) is 4.86. The van der Waals surface area contributed by atoms with Gasteiger partial charge in [-0.15, -0.1) is 0 Å². The maximum absolute atomic E-state index is 12.2. The van der Waals surface area contributed by atoms with Crippen molar-refractivity contribution in [1.29, 1.82) is 0 Å². The van der Waals surface area contributed by atoms with Crippen molar-refractivity contribution in [2.75, 3.05) is 13.2 Å². The highest BCUT2D eigenvalue weighted by Gasteiger charge is 2.20. The van der Waals surface area contributed by atoms with Crippen LogP contribution >= 0.6 is 0 Å². The number of primary sulfonamides is 1. The van der Waals surface area contributed by atoms with Crippen molar-refractivity contribution in [2.45, 2.75) is 31.7 Å². The van der Waals surface area contributed by atoms with Gasteiger partial charge < -0.3 is 10.1 Å². The molecule has 0 spiro atoms. The maximum atomic E-state index is 12.2. The van der Waals surface area contributed by atoms with Crippen molar-refractivity contribution < 1.29 is 13.2 Å². The summed E-state index contributed by atoms with van der Waals surface area (Å²) in [5, 5.41) is 8.75. The zero-order valence-corrected chi connectivity index (χ0v) is 16.1. The molecule has 2 aromatic rings. The summed E-state index contributed by atoms with van der Waals surface area (Å²) in [5.74, 6) is 0.561. The maximum Gasteiger partial charge on any atom is 0.238 e. The summed E-state index contributed by atoms with van der Waals surface area (Å²) < 4.78 is 30.2. The van der Waals surface area contributed by atoms with E-state index in [-0.39, 0.29) is 4.90 Å². The second kappa shape index (κ2) is 9.52. The Labute approximate surface area is 155 Å². The molecule has 140 valence electrons. The molecule has 0 atom stereocenters. The first kappa shape index (κ1) is 20.2. The highest BCUT2D eigenvalue weighted by molar-refractivity contribution is 7.89. The van der Waals surface area contributed by atoms with Gasteiger partial charge in [0.05, 0.1) is 11.5 Å². The Kier molecular flexibility index (Phi) is 7.38. The lowest BCUT2D eigenvalue weighted by Gasteiger charge is -2.17. The molecule has 0 amide bonds. The second-order valence-electron chi connectivity index (χ2n) is 5.91. The molecule has 0 bridgehead atoms. The van der Waals surface area contributed by atoms with E-state index in [1.165, 1.54) is 0 Å². The average Bonchev–Trinajstić information content (AvgIpc) is 2.60. The van der Waals surface area contributed by atoms with Gasteiger partial charge in [-0.05, 0) is 37.1 Å². The van der Waals surface area contributed by atoms with Crippen LogP contribution in [0.4, 0.5) is 0 Å². The van der Waals surface area contributed by atoms with Crippen LogP contribution in [0.5, 0.6) is 5.75 Å². The fourth-order valence-corrected chi connectivity index (χ4v) is 3.54. The number of nitrogens with two attached hydrogens (primary N) is 1. The number of ether oxygens (including phenoxy) is 1. The summed E-state index contributed by atoms with van der Waals surface area (Å²) in [6.45, 7) is 5.50. The molecule has 26 heavy (non-hydrogen) atoms. The van der Waals surface area contributed by atoms with Gasteiger partial charge in [-0.2, -0.15) is 0 Å². The van der Waals surface area contributed by atoms with Gasteiger partial charge in [-0.25, -0.2) is 13.6 Å². The van der Waals surface area contributed by atoms with E-state index in [0.717, 1.165) is 11.1 Å². The number of allylic oxidation sites excluding steroid dienone is 1. The van der Waals surface area contributed by atoms with Gasteiger partial charge in [-0.1, -0.05) is 42.5 Å². The molecule has 0 heterocycles. The molecule has 3 N–H and O–H groups in total. The van der Waals surface area contributed by atoms with E-state index in [2.05, 4.69) is 5.32 Å². The van der Waals surface area contributed by atoms with E-state index in [9.17, 15) is 8.42 Å². The van der Waals surface area contributed by atoms with Gasteiger partial charge in [0.2, 0.25) is 10.0 Å². The lowest BCUT2D eigenvalue weighted by atomic mass is 10.0. The van der Waals surface area contributed by atoms with E-state index < -0.39 is 10.0 Å². The lowest BCUT2D eigenvalue weighted by Crippen LogP contribution is -2.18. The van der Waals surface area contributed by atoms with Crippen LogP contribution in [-0.2, 0) is 23.0 Å². The van der Waals surface area contributed by atoms with Crippen LogP contribution in [0.25, 0.3) is 0 Å². The molecule has 2 aromatic carbocycles. The Morgan fingerprint density at radius 2 is 1.88 bits per heavy atom. The molecule has 0 fully saturated rings. The Bertz CT molecular complexity index is 847. The van der Waals surface area contributed by atoms with Crippen LogP contribution in [-0.4, -0.2) is 21.6 Å². The van der Waals surface area contributed by atoms with Gasteiger partial charge in [-0.3, -0.25) is 0 Å². The van der Waals surface area contributed by atoms with Gasteiger partial charge in [0.1, 0.15) is 5.75 Å². The van der Waals surface area contributed by atoms with E-state index >= 15 is 0 Å². The first-order valence-corrected chi connectivity index (χ1v) is 10.2. The molecule has 0 radical (unpaired) electrons. The predicted octanol–water partition coefficient (Wildman–Crippen LogP) is 2.99. The number of sulfonamides is 1. The molecule has 0 unspecified atom stereocenters. The summed E-state index contributed by atoms with van der Waals surface area (Å²) in [4.78, 5) is 0.120. The van der Waals surface area contributed by atoms with Crippen molar-refractivity contribution in [1.82, 2.24) is 5.32 Å². The smallest absolute Gasteiger partial charge is 0.238 e. The molecular weight excluding hydrogens is 348 g/mol. The molecule has 0 aliphatic carbocycles. The highest BCUT2D eigenvalue weighted by atomic mass is 32.2. The molecule has 0 aromatic heterocycles. The fraction of sp³-hybridized carbons (Fsp3) is 0.300. The zero-order valence-electron chi connectivity index (χ0n) is 15.2. The number of rotatable bonds is 9. The predicted molar refractivity (Wildman–Crippen MR) is 105 cm³/mol. The summed E-state index contributed by atoms with van der Waals surface area (Å²) in [6, 6.07) is 13.2. The van der Waals surface area contributed by atoms with E-state index in [4.69, 9.17) is 9.88 Å². The minimum absolute atomic E-state index is 0.120. The Morgan fingerprint density at radius 3 is 2.50 bits per heavy atom. The average molecular weight is 375 g/mol. The van der Waals surface area contributed by atoms with Crippen LogP contribution in [0.3, 0.4) is 0 Å². The first-order chi connectivity index (χ1) is 12.5. The fourth-order valence-electron chi connectivity index (χ4n) is 2.71. The van der Waals surface area contributed by atoms with Gasteiger partial charge in [0.25, 0.3) is 0 Å². The van der Waals surface area contributed by atoms with Gasteiger partial charge >= 0.3 is 0 Å². The van der Waals surface area contributed by atoms with Crippen LogP contribution in [0.15, 0.2) is 59.5 Å². The summed E-state index contributed by atoms with van der Waals surface area (Å²) in [7, 11) is -3.87. The molecule has 2 rings (SSSR count). The van der Waals surface area contributed by atoms with Gasteiger partial charge in [0, 0.05) is 25.1 Å². The van der Waals surface area contributed by atoms with Crippen molar-refractivity contribution in [3.05, 3.63) is 71.3 Å². The molecule has 5 nitrogen and oxygen atoms in total. The Morgan fingerprint density at radius 1 is 1.15 bits per heavy atom. The first-order valence-electron chi connectivity index (χ1n) is 8.63. The third kappa shape index (κ3) is 5.69. The Hall–Kier alpha value is -2.15. The molecule has 0 aliphatic heterocycles. The lowest BCUT2D eigenvalue weighted by molar-refractivity contribution is 0.335. The topological polar surface area (TPSA) is 81.4 Å². The van der Waals surface area contributed by atoms with Crippen molar-refractivity contribution in [3.8, 4) is 5.75 Å². The molecule has 0 saturated carbocycles. The van der Waals surface area contributed by atoms with Crippen molar-refractivity contribution in [2.24, 2.45) is 5.14 Å². The zero-order chi connectivity index (χ0) is 19.0.